The predicted octanol–water partition coefficient (Wildman–Crippen LogP) is 3.12. The van der Waals surface area contributed by atoms with Crippen molar-refractivity contribution < 1.29 is 19.5 Å². The minimum Gasteiger partial charge on any atom is -0.480 e. The minimum atomic E-state index is -1.12. The molecule has 2 atom stereocenters. The van der Waals surface area contributed by atoms with E-state index in [2.05, 4.69) is 55.3 Å². The van der Waals surface area contributed by atoms with E-state index >= 15 is 0 Å². The van der Waals surface area contributed by atoms with Crippen LogP contribution in [0.3, 0.4) is 0 Å². The number of aromatic nitrogens is 2. The van der Waals surface area contributed by atoms with Crippen molar-refractivity contribution in [1.29, 1.82) is 0 Å². The molecule has 1 aromatic heterocycles. The third kappa shape index (κ3) is 5.48. The summed E-state index contributed by atoms with van der Waals surface area (Å²) in [6, 6.07) is 6.63. The number of carboxylic acids is 1. The number of imidazole rings is 1. The van der Waals surface area contributed by atoms with Crippen molar-refractivity contribution >= 4 is 17.8 Å². The van der Waals surface area contributed by atoms with Crippen molar-refractivity contribution in [3.05, 3.63) is 53.1 Å². The Morgan fingerprint density at radius 2 is 1.74 bits per heavy atom. The van der Waals surface area contributed by atoms with E-state index in [1.807, 2.05) is 25.3 Å². The molecule has 34 heavy (non-hydrogen) atoms. The molecule has 0 radical (unpaired) electrons. The van der Waals surface area contributed by atoms with Crippen LogP contribution < -0.4 is 5.32 Å². The van der Waals surface area contributed by atoms with Crippen LogP contribution in [0.4, 0.5) is 0 Å². The summed E-state index contributed by atoms with van der Waals surface area (Å²) in [6.45, 7) is 14.2. The summed E-state index contributed by atoms with van der Waals surface area (Å²) in [5.41, 5.74) is 3.42. The Bertz CT molecular complexity index is 1070. The van der Waals surface area contributed by atoms with Gasteiger partial charge >= 0.3 is 5.97 Å². The lowest BCUT2D eigenvalue weighted by Gasteiger charge is -2.38. The van der Waals surface area contributed by atoms with E-state index in [0.29, 0.717) is 6.54 Å². The summed E-state index contributed by atoms with van der Waals surface area (Å²) < 4.78 is 2.03. The number of carboxylic acid groups (broad SMARTS) is 1. The fourth-order valence-corrected chi connectivity index (χ4v) is 4.06. The lowest BCUT2D eigenvalue weighted by atomic mass is 9.87. The highest BCUT2D eigenvalue weighted by atomic mass is 16.4. The van der Waals surface area contributed by atoms with Gasteiger partial charge in [-0.2, -0.15) is 0 Å². The fraction of sp³-hybridized carbons (Fsp3) is 0.538. The SMILES string of the molecule is CC(NC(=O)C1Cc2ncn(Cc3ccc(C(C)(C)C)cc3)c2CN1C(=O)C(C)(C)C)C(=O)O. The molecule has 3 rings (SSSR count). The highest BCUT2D eigenvalue weighted by Gasteiger charge is 2.41. The molecule has 1 aliphatic heterocycles. The molecule has 0 aliphatic carbocycles. The van der Waals surface area contributed by atoms with E-state index < -0.39 is 29.4 Å². The Balaban J connectivity index is 1.89. The lowest BCUT2D eigenvalue weighted by Crippen LogP contribution is -2.57. The molecular formula is C26H36N4O4. The predicted molar refractivity (Wildman–Crippen MR) is 129 cm³/mol. The molecule has 184 valence electrons. The maximum Gasteiger partial charge on any atom is 0.325 e. The highest BCUT2D eigenvalue weighted by molar-refractivity contribution is 5.92. The van der Waals surface area contributed by atoms with Crippen molar-refractivity contribution in [1.82, 2.24) is 19.8 Å². The Labute approximate surface area is 201 Å². The number of hydrogen-bond donors (Lipinski definition) is 2. The lowest BCUT2D eigenvalue weighted by molar-refractivity contribution is -0.149. The Morgan fingerprint density at radius 1 is 1.12 bits per heavy atom. The molecule has 8 heteroatoms. The first-order chi connectivity index (χ1) is 15.7. The third-order valence-electron chi connectivity index (χ3n) is 6.22. The van der Waals surface area contributed by atoms with Gasteiger partial charge in [0.1, 0.15) is 12.1 Å². The largest absolute Gasteiger partial charge is 0.480 e. The van der Waals surface area contributed by atoms with E-state index in [9.17, 15) is 19.5 Å². The van der Waals surface area contributed by atoms with Gasteiger partial charge in [-0.15, -0.1) is 0 Å². The molecule has 2 N–H and O–H groups in total. The van der Waals surface area contributed by atoms with Gasteiger partial charge in [0, 0.05) is 18.4 Å². The molecule has 1 aliphatic rings. The number of carbonyl (C=O) groups excluding carboxylic acids is 2. The van der Waals surface area contributed by atoms with E-state index in [4.69, 9.17) is 0 Å². The zero-order chi connectivity index (χ0) is 25.4. The molecule has 2 amide bonds. The van der Waals surface area contributed by atoms with Crippen LogP contribution in [0, 0.1) is 5.41 Å². The van der Waals surface area contributed by atoms with Crippen molar-refractivity contribution in [2.24, 2.45) is 5.41 Å². The van der Waals surface area contributed by atoms with Crippen molar-refractivity contribution in [2.75, 3.05) is 0 Å². The van der Waals surface area contributed by atoms with E-state index in [1.54, 1.807) is 11.2 Å². The molecule has 8 nitrogen and oxygen atoms in total. The summed E-state index contributed by atoms with van der Waals surface area (Å²) >= 11 is 0. The molecule has 1 aromatic carbocycles. The van der Waals surface area contributed by atoms with Gasteiger partial charge < -0.3 is 19.9 Å². The van der Waals surface area contributed by atoms with E-state index in [0.717, 1.165) is 17.0 Å². The zero-order valence-electron chi connectivity index (χ0n) is 21.2. The van der Waals surface area contributed by atoms with Crippen LogP contribution in [-0.2, 0) is 39.3 Å². The van der Waals surface area contributed by atoms with Crippen LogP contribution in [0.25, 0.3) is 0 Å². The topological polar surface area (TPSA) is 105 Å². The number of amides is 2. The van der Waals surface area contributed by atoms with Gasteiger partial charge in [-0.1, -0.05) is 65.8 Å². The fourth-order valence-electron chi connectivity index (χ4n) is 4.06. The highest BCUT2D eigenvalue weighted by Crippen LogP contribution is 2.29. The number of carbonyl (C=O) groups is 3. The van der Waals surface area contributed by atoms with Crippen LogP contribution in [0.1, 0.15) is 71.0 Å². The first-order valence-corrected chi connectivity index (χ1v) is 11.6. The standard InChI is InChI=1S/C26H36N4O4/c1-16(23(32)33)28-22(31)20-12-19-21(14-30(20)24(34)26(5,6)7)29(15-27-19)13-17-8-10-18(11-9-17)25(2,3)4/h8-11,15-16,20H,12-14H2,1-7H3,(H,28,31)(H,32,33). The maximum absolute atomic E-state index is 13.3. The second-order valence-electron chi connectivity index (χ2n) is 11.2. The van der Waals surface area contributed by atoms with Gasteiger partial charge in [-0.05, 0) is 23.5 Å². The summed E-state index contributed by atoms with van der Waals surface area (Å²) in [4.78, 5) is 43.6. The van der Waals surface area contributed by atoms with Gasteiger partial charge in [-0.25, -0.2) is 4.98 Å². The van der Waals surface area contributed by atoms with Gasteiger partial charge in [0.2, 0.25) is 11.8 Å². The number of fused-ring (bicyclic) bond motifs is 1. The number of rotatable bonds is 5. The maximum atomic E-state index is 13.3. The number of benzene rings is 1. The second-order valence-corrected chi connectivity index (χ2v) is 11.2. The van der Waals surface area contributed by atoms with E-state index in [-0.39, 0.29) is 24.3 Å². The molecule has 0 saturated carbocycles. The van der Waals surface area contributed by atoms with Crippen molar-refractivity contribution in [3.8, 4) is 0 Å². The van der Waals surface area contributed by atoms with Gasteiger partial charge in [0.25, 0.3) is 0 Å². The number of nitrogens with zero attached hydrogens (tertiary/aromatic N) is 3. The number of aliphatic carboxylic acids is 1. The quantitative estimate of drug-likeness (QED) is 0.702. The van der Waals surface area contributed by atoms with Crippen molar-refractivity contribution in [3.63, 3.8) is 0 Å². The zero-order valence-corrected chi connectivity index (χ0v) is 21.2. The average Bonchev–Trinajstić information content (AvgIpc) is 3.12. The Hall–Kier alpha value is -3.16. The molecule has 0 fully saturated rings. The first-order valence-electron chi connectivity index (χ1n) is 11.6. The van der Waals surface area contributed by atoms with Crippen LogP contribution >= 0.6 is 0 Å². The number of nitrogens with one attached hydrogen (secondary N) is 1. The summed E-state index contributed by atoms with van der Waals surface area (Å²) in [5, 5.41) is 11.7. The normalized spacial score (nSPS) is 17.1. The Morgan fingerprint density at radius 3 is 2.26 bits per heavy atom. The van der Waals surface area contributed by atoms with Crippen LogP contribution in [-0.4, -0.2) is 49.4 Å². The molecule has 0 spiro atoms. The van der Waals surface area contributed by atoms with Crippen LogP contribution in [0.2, 0.25) is 0 Å². The first kappa shape index (κ1) is 25.5. The smallest absolute Gasteiger partial charge is 0.325 e. The van der Waals surface area contributed by atoms with Gasteiger partial charge in [0.05, 0.1) is 24.3 Å². The monoisotopic (exact) mass is 468 g/mol. The third-order valence-corrected chi connectivity index (χ3v) is 6.22. The molecule has 2 aromatic rings. The average molecular weight is 469 g/mol. The minimum absolute atomic E-state index is 0.0776. The number of hydrogen-bond acceptors (Lipinski definition) is 4. The van der Waals surface area contributed by atoms with Crippen LogP contribution in [0.15, 0.2) is 30.6 Å². The molecule has 0 bridgehead atoms. The van der Waals surface area contributed by atoms with Crippen LogP contribution in [0.5, 0.6) is 0 Å². The van der Waals surface area contributed by atoms with Gasteiger partial charge in [0.15, 0.2) is 0 Å². The molecular weight excluding hydrogens is 432 g/mol. The van der Waals surface area contributed by atoms with E-state index in [1.165, 1.54) is 12.5 Å². The summed E-state index contributed by atoms with van der Waals surface area (Å²) in [7, 11) is 0. The summed E-state index contributed by atoms with van der Waals surface area (Å²) in [6.07, 6.45) is 1.99. The summed E-state index contributed by atoms with van der Waals surface area (Å²) in [5.74, 6) is -1.77. The molecule has 2 heterocycles. The van der Waals surface area contributed by atoms with Gasteiger partial charge in [-0.3, -0.25) is 14.4 Å². The molecule has 0 saturated heterocycles. The molecule has 2 unspecified atom stereocenters. The Kier molecular flexibility index (Phi) is 6.92. The van der Waals surface area contributed by atoms with Crippen molar-refractivity contribution in [2.45, 2.75) is 85.5 Å². The second kappa shape index (κ2) is 9.24.